The van der Waals surface area contributed by atoms with E-state index in [9.17, 15) is 29.3 Å². The quantitative estimate of drug-likeness (QED) is 0.147. The van der Waals surface area contributed by atoms with E-state index in [1.807, 2.05) is 32.0 Å². The number of hydrogen-bond donors (Lipinski definition) is 2. The Kier molecular flexibility index (Phi) is 8.45. The molecular weight excluding hydrogens is 652 g/mol. The molecule has 0 bridgehead atoms. The lowest BCUT2D eigenvalue weighted by molar-refractivity contribution is -0.384. The lowest BCUT2D eigenvalue weighted by atomic mass is 10.1. The Bertz CT molecular complexity index is 1600. The molecule has 0 radical (unpaired) electrons. The number of imide groups is 2. The molecule has 204 valence electrons. The molecular formula is C27H20Br2N4O7. The van der Waals surface area contributed by atoms with Gasteiger partial charge in [-0.05, 0) is 87.2 Å². The number of anilines is 2. The van der Waals surface area contributed by atoms with Crippen molar-refractivity contribution in [1.29, 1.82) is 0 Å². The van der Waals surface area contributed by atoms with Gasteiger partial charge < -0.3 is 10.1 Å². The van der Waals surface area contributed by atoms with Crippen molar-refractivity contribution in [2.24, 2.45) is 0 Å². The summed E-state index contributed by atoms with van der Waals surface area (Å²) in [6.07, 6.45) is 1.26. The van der Waals surface area contributed by atoms with Crippen LogP contribution in [0.2, 0.25) is 0 Å². The van der Waals surface area contributed by atoms with Gasteiger partial charge in [-0.1, -0.05) is 23.8 Å². The Morgan fingerprint density at radius 1 is 1.07 bits per heavy atom. The molecule has 0 aliphatic carbocycles. The molecule has 0 aromatic heterocycles. The molecule has 1 fully saturated rings. The number of nitrogens with zero attached hydrogens (tertiary/aromatic N) is 2. The van der Waals surface area contributed by atoms with E-state index in [0.717, 1.165) is 17.2 Å². The Morgan fingerprint density at radius 3 is 2.42 bits per heavy atom. The van der Waals surface area contributed by atoms with E-state index in [0.29, 0.717) is 30.8 Å². The molecule has 0 saturated carbocycles. The molecule has 1 aliphatic rings. The Hall–Kier alpha value is -4.36. The topological polar surface area (TPSA) is 148 Å². The first-order chi connectivity index (χ1) is 18.9. The normalized spacial score (nSPS) is 14.2. The summed E-state index contributed by atoms with van der Waals surface area (Å²) in [5, 5.41) is 16.0. The molecule has 1 aliphatic heterocycles. The number of aryl methyl sites for hydroxylation is 2. The standard InChI is InChI=1S/C27H20Br2N4O7/c1-14-6-7-22(15(2)8-14)30-23(34)13-40-24-20(28)10-16(11-21(24)29)9-19-25(35)31-27(37)32(26(19)36)17-4-3-5-18(12-17)33(38)39/h3-12H,13H2,1-2H3,(H,30,34)(H,31,35,37)/b19-9-. The molecule has 4 rings (SSSR count). The number of amides is 5. The number of barbiturate groups is 1. The number of nitro groups is 1. The predicted octanol–water partition coefficient (Wildman–Crippen LogP) is 5.42. The van der Waals surface area contributed by atoms with Crippen molar-refractivity contribution in [1.82, 2.24) is 5.32 Å². The van der Waals surface area contributed by atoms with Gasteiger partial charge in [-0.15, -0.1) is 0 Å². The van der Waals surface area contributed by atoms with Crippen molar-refractivity contribution in [3.8, 4) is 5.75 Å². The molecule has 11 nitrogen and oxygen atoms in total. The van der Waals surface area contributed by atoms with E-state index >= 15 is 0 Å². The Morgan fingerprint density at radius 2 is 1.77 bits per heavy atom. The van der Waals surface area contributed by atoms with Gasteiger partial charge in [-0.3, -0.25) is 29.8 Å². The largest absolute Gasteiger partial charge is 0.481 e. The van der Waals surface area contributed by atoms with Crippen molar-refractivity contribution in [3.05, 3.63) is 95.9 Å². The molecule has 3 aromatic carbocycles. The average molecular weight is 672 g/mol. The number of non-ortho nitro benzene ring substituents is 1. The van der Waals surface area contributed by atoms with Gasteiger partial charge in [0.25, 0.3) is 23.4 Å². The number of nitrogens with one attached hydrogen (secondary N) is 2. The number of nitro benzene ring substituents is 1. The zero-order valence-corrected chi connectivity index (χ0v) is 24.2. The van der Waals surface area contributed by atoms with Crippen molar-refractivity contribution in [2.45, 2.75) is 13.8 Å². The third-order valence-corrected chi connectivity index (χ3v) is 6.91. The van der Waals surface area contributed by atoms with Gasteiger partial charge in [0.05, 0.1) is 19.6 Å². The summed E-state index contributed by atoms with van der Waals surface area (Å²) in [5.41, 5.74) is 2.29. The number of rotatable bonds is 7. The van der Waals surface area contributed by atoms with Crippen LogP contribution in [0.5, 0.6) is 5.75 Å². The van der Waals surface area contributed by atoms with Gasteiger partial charge >= 0.3 is 6.03 Å². The summed E-state index contributed by atoms with van der Waals surface area (Å²) in [4.78, 5) is 61.7. The number of carbonyl (C=O) groups is 4. The molecule has 0 unspecified atom stereocenters. The van der Waals surface area contributed by atoms with E-state index in [2.05, 4.69) is 42.5 Å². The lowest BCUT2D eigenvalue weighted by Gasteiger charge is -2.26. The molecule has 0 spiro atoms. The fraction of sp³-hybridized carbons (Fsp3) is 0.111. The molecule has 3 aromatic rings. The van der Waals surface area contributed by atoms with Crippen LogP contribution in [0.4, 0.5) is 21.9 Å². The lowest BCUT2D eigenvalue weighted by Crippen LogP contribution is -2.54. The fourth-order valence-corrected chi connectivity index (χ4v) is 5.33. The zero-order chi connectivity index (χ0) is 29.1. The Balaban J connectivity index is 1.53. The third kappa shape index (κ3) is 6.26. The smallest absolute Gasteiger partial charge is 0.335 e. The maximum Gasteiger partial charge on any atom is 0.335 e. The summed E-state index contributed by atoms with van der Waals surface area (Å²) >= 11 is 6.76. The predicted molar refractivity (Wildman–Crippen MR) is 154 cm³/mol. The maximum atomic E-state index is 13.2. The SMILES string of the molecule is Cc1ccc(NC(=O)COc2c(Br)cc(/C=C3/C(=O)NC(=O)N(c4cccc([N+](=O)[O-])c4)C3=O)cc2Br)c(C)c1. The molecule has 0 atom stereocenters. The van der Waals surface area contributed by atoms with Crippen molar-refractivity contribution >= 4 is 78.8 Å². The van der Waals surface area contributed by atoms with Crippen molar-refractivity contribution in [3.63, 3.8) is 0 Å². The maximum absolute atomic E-state index is 13.2. The highest BCUT2D eigenvalue weighted by Crippen LogP contribution is 2.36. The number of halogens is 2. The van der Waals surface area contributed by atoms with Gasteiger partial charge in [0.2, 0.25) is 0 Å². The summed E-state index contributed by atoms with van der Waals surface area (Å²) in [5.74, 6) is -1.93. The first kappa shape index (κ1) is 28.6. The van der Waals surface area contributed by atoms with E-state index in [-0.39, 0.29) is 29.5 Å². The van der Waals surface area contributed by atoms with Gasteiger partial charge in [0.15, 0.2) is 6.61 Å². The molecule has 1 heterocycles. The molecule has 1 saturated heterocycles. The van der Waals surface area contributed by atoms with E-state index < -0.39 is 22.8 Å². The van der Waals surface area contributed by atoms with Gasteiger partial charge in [-0.2, -0.15) is 0 Å². The first-order valence-corrected chi connectivity index (χ1v) is 13.2. The van der Waals surface area contributed by atoms with Crippen LogP contribution in [0.15, 0.2) is 69.1 Å². The van der Waals surface area contributed by atoms with Gasteiger partial charge in [-0.25, -0.2) is 9.69 Å². The number of ether oxygens (including phenoxy) is 1. The second kappa shape index (κ2) is 11.8. The minimum absolute atomic E-state index is 0.0692. The van der Waals surface area contributed by atoms with Crippen molar-refractivity contribution in [2.75, 3.05) is 16.8 Å². The monoisotopic (exact) mass is 670 g/mol. The van der Waals surface area contributed by atoms with E-state index in [1.54, 1.807) is 12.1 Å². The van der Waals surface area contributed by atoms with Crippen LogP contribution in [0.3, 0.4) is 0 Å². The van der Waals surface area contributed by atoms with Crippen LogP contribution in [-0.4, -0.2) is 35.3 Å². The highest BCUT2D eigenvalue weighted by molar-refractivity contribution is 9.11. The third-order valence-electron chi connectivity index (χ3n) is 5.74. The second-order valence-corrected chi connectivity index (χ2v) is 10.4. The van der Waals surface area contributed by atoms with E-state index in [4.69, 9.17) is 4.74 Å². The summed E-state index contributed by atoms with van der Waals surface area (Å²) in [6.45, 7) is 3.56. The number of carbonyl (C=O) groups excluding carboxylic acids is 4. The molecule has 5 amide bonds. The van der Waals surface area contributed by atoms with Crippen LogP contribution in [0.25, 0.3) is 6.08 Å². The number of benzene rings is 3. The number of hydrogen-bond acceptors (Lipinski definition) is 7. The van der Waals surface area contributed by atoms with Crippen molar-refractivity contribution < 1.29 is 28.8 Å². The fourth-order valence-electron chi connectivity index (χ4n) is 3.88. The van der Waals surface area contributed by atoms with Gasteiger partial charge in [0.1, 0.15) is 11.3 Å². The molecule has 40 heavy (non-hydrogen) atoms. The highest BCUT2D eigenvalue weighted by atomic mass is 79.9. The van der Waals surface area contributed by atoms with Gasteiger partial charge in [0, 0.05) is 17.8 Å². The summed E-state index contributed by atoms with van der Waals surface area (Å²) < 4.78 is 6.53. The zero-order valence-electron chi connectivity index (χ0n) is 21.0. The highest BCUT2D eigenvalue weighted by Gasteiger charge is 2.37. The van der Waals surface area contributed by atoms with E-state index in [1.165, 1.54) is 24.3 Å². The van der Waals surface area contributed by atoms with Crippen LogP contribution in [-0.2, 0) is 14.4 Å². The molecule has 2 N–H and O–H groups in total. The van der Waals surface area contributed by atoms with Crippen LogP contribution in [0.1, 0.15) is 16.7 Å². The van der Waals surface area contributed by atoms with Crippen LogP contribution < -0.4 is 20.3 Å². The minimum Gasteiger partial charge on any atom is -0.481 e. The first-order valence-electron chi connectivity index (χ1n) is 11.6. The minimum atomic E-state index is -1.03. The van der Waals surface area contributed by atoms with Crippen LogP contribution >= 0.6 is 31.9 Å². The average Bonchev–Trinajstić information content (AvgIpc) is 2.88. The van der Waals surface area contributed by atoms with Crippen LogP contribution in [0, 0.1) is 24.0 Å². The molecule has 13 heteroatoms. The number of urea groups is 1. The Labute approximate surface area is 244 Å². The summed E-state index contributed by atoms with van der Waals surface area (Å²) in [7, 11) is 0. The second-order valence-electron chi connectivity index (χ2n) is 8.70. The summed E-state index contributed by atoms with van der Waals surface area (Å²) in [6, 6.07) is 12.7.